The zero-order valence-corrected chi connectivity index (χ0v) is 29.4. The van der Waals surface area contributed by atoms with Gasteiger partial charge in [0.2, 0.25) is 0 Å². The third-order valence-electron chi connectivity index (χ3n) is 9.66. The first-order chi connectivity index (χ1) is 24.5. The Kier molecular flexibility index (Phi) is 8.41. The molecule has 0 saturated heterocycles. The first kappa shape index (κ1) is 31.6. The summed E-state index contributed by atoms with van der Waals surface area (Å²) in [7, 11) is 0. The van der Waals surface area contributed by atoms with Gasteiger partial charge in [-0.25, -0.2) is 0 Å². The molecule has 0 amide bonds. The molecule has 8 aromatic rings. The van der Waals surface area contributed by atoms with Crippen LogP contribution in [0.5, 0.6) is 0 Å². The molecule has 0 bridgehead atoms. The van der Waals surface area contributed by atoms with Crippen LogP contribution < -0.4 is 5.30 Å². The number of benzene rings is 8. The van der Waals surface area contributed by atoms with Gasteiger partial charge in [-0.15, -0.1) is 0 Å². The van der Waals surface area contributed by atoms with Crippen LogP contribution in [0.3, 0.4) is 0 Å². The molecular weight excluding hydrogens is 620 g/mol. The molecule has 0 aliphatic carbocycles. The number of hydrogen-bond acceptors (Lipinski definition) is 0. The summed E-state index contributed by atoms with van der Waals surface area (Å²) in [6.45, 7) is 3.15. The Balaban J connectivity index is 1.36. The lowest BCUT2D eigenvalue weighted by molar-refractivity contribution is 1.50. The Bertz CT molecular complexity index is 2440. The van der Waals surface area contributed by atoms with Gasteiger partial charge in [0.1, 0.15) is 0 Å². The fourth-order valence-electron chi connectivity index (χ4n) is 7.32. The van der Waals surface area contributed by atoms with Gasteiger partial charge in [0.25, 0.3) is 0 Å². The van der Waals surface area contributed by atoms with Gasteiger partial charge in [0.15, 0.2) is 0 Å². The molecule has 0 atom stereocenters. The van der Waals surface area contributed by atoms with Crippen molar-refractivity contribution in [2.45, 2.75) is 0 Å². The van der Waals surface area contributed by atoms with E-state index >= 15 is 0 Å². The zero-order valence-electron chi connectivity index (χ0n) is 28.6. The summed E-state index contributed by atoms with van der Waals surface area (Å²) >= 11 is 0. The van der Waals surface area contributed by atoms with Crippen LogP contribution in [0.4, 0.5) is 0 Å². The molecule has 8 aromatic carbocycles. The number of fused-ring (bicyclic) bond motifs is 2. The Morgan fingerprint density at radius 2 is 0.720 bits per heavy atom. The second-order valence-corrected chi connectivity index (χ2v) is 17.4. The molecule has 1 heteroatoms. The van der Waals surface area contributed by atoms with Crippen molar-refractivity contribution in [1.82, 2.24) is 0 Å². The first-order valence-corrected chi connectivity index (χ1v) is 20.1. The van der Waals surface area contributed by atoms with E-state index < -0.39 is 6.89 Å². The summed E-state index contributed by atoms with van der Waals surface area (Å²) in [6, 6.07) is 68.5. The van der Waals surface area contributed by atoms with E-state index in [4.69, 9.17) is 0 Å². The van der Waals surface area contributed by atoms with Gasteiger partial charge in [-0.05, 0) is 102 Å². The molecule has 8 rings (SSSR count). The summed E-state index contributed by atoms with van der Waals surface area (Å²) in [6.07, 6.45) is 4.55. The van der Waals surface area contributed by atoms with E-state index in [-0.39, 0.29) is 0 Å². The number of hydrogen-bond donors (Lipinski definition) is 0. The molecule has 0 radical (unpaired) electrons. The van der Waals surface area contributed by atoms with Crippen molar-refractivity contribution >= 4 is 51.2 Å². The van der Waals surface area contributed by atoms with E-state index in [9.17, 15) is 0 Å². The molecule has 0 N–H and O–H groups in total. The maximum Gasteiger partial charge on any atom is -0.00261 e. The highest BCUT2D eigenvalue weighted by Crippen LogP contribution is 2.45. The van der Waals surface area contributed by atoms with Gasteiger partial charge in [-0.1, -0.05) is 195 Å². The van der Waals surface area contributed by atoms with Crippen molar-refractivity contribution in [2.75, 3.05) is 13.3 Å². The van der Waals surface area contributed by atoms with Crippen LogP contribution in [0.25, 0.3) is 54.9 Å². The lowest BCUT2D eigenvalue weighted by atomic mass is 9.84. The second kappa shape index (κ2) is 13.3. The molecule has 0 spiro atoms. The minimum Gasteiger partial charge on any atom is -0.0971 e. The third kappa shape index (κ3) is 5.94. The van der Waals surface area contributed by atoms with Crippen molar-refractivity contribution in [2.24, 2.45) is 0 Å². The highest BCUT2D eigenvalue weighted by atomic mass is 31.2. The van der Waals surface area contributed by atoms with E-state index in [0.29, 0.717) is 0 Å². The normalized spacial score (nSPS) is 11.5. The van der Waals surface area contributed by atoms with Crippen LogP contribution in [-0.2, 0) is 0 Å². The molecule has 0 saturated carbocycles. The lowest BCUT2D eigenvalue weighted by Gasteiger charge is -2.20. The molecule has 50 heavy (non-hydrogen) atoms. The largest absolute Gasteiger partial charge is 0.0971 e. The van der Waals surface area contributed by atoms with Gasteiger partial charge < -0.3 is 0 Å². The maximum absolute atomic E-state index is 4.55. The summed E-state index contributed by atoms with van der Waals surface area (Å²) in [5, 5.41) is 6.40. The fraction of sp³-hybridized carbons (Fsp3) is 0.0408. The summed E-state index contributed by atoms with van der Waals surface area (Å²) < 4.78 is 0. The van der Waals surface area contributed by atoms with Crippen LogP contribution in [0.1, 0.15) is 22.3 Å². The molecule has 0 aliphatic rings. The Hall–Kier alpha value is -5.68. The standard InChI is InChI=1S/C49H39P/c1-50(2,3)41-25-17-24-40(34-41)49-44-28-15-13-26-42(44)48(43-27-14-16-29-45(43)49)39-32-30-38(31-33-39)47(37-22-11-6-12-23-37)46(35-18-7-4-8-19-35)36-20-9-5-10-21-36/h4-34H,1H2,2-3H3. The summed E-state index contributed by atoms with van der Waals surface area (Å²) in [4.78, 5) is 0. The van der Waals surface area contributed by atoms with Crippen molar-refractivity contribution < 1.29 is 0 Å². The van der Waals surface area contributed by atoms with Crippen molar-refractivity contribution in [1.29, 1.82) is 0 Å². The van der Waals surface area contributed by atoms with Gasteiger partial charge in [0, 0.05) is 0 Å². The van der Waals surface area contributed by atoms with E-state index in [1.807, 2.05) is 0 Å². The van der Waals surface area contributed by atoms with Crippen molar-refractivity contribution in [3.8, 4) is 22.3 Å². The van der Waals surface area contributed by atoms with Gasteiger partial charge in [0.05, 0.1) is 0 Å². The second-order valence-electron chi connectivity index (χ2n) is 13.5. The molecule has 0 fully saturated rings. The molecule has 0 heterocycles. The van der Waals surface area contributed by atoms with Crippen LogP contribution in [-0.4, -0.2) is 19.6 Å². The zero-order chi connectivity index (χ0) is 34.1. The van der Waals surface area contributed by atoms with Crippen LogP contribution in [0, 0.1) is 0 Å². The predicted octanol–water partition coefficient (Wildman–Crippen LogP) is 12.7. The van der Waals surface area contributed by atoms with Gasteiger partial charge in [-0.3, -0.25) is 0 Å². The quantitative estimate of drug-likeness (QED) is 0.0908. The monoisotopic (exact) mass is 658 g/mol. The fourth-order valence-corrected chi connectivity index (χ4v) is 8.30. The highest BCUT2D eigenvalue weighted by molar-refractivity contribution is 7.79. The van der Waals surface area contributed by atoms with Crippen LogP contribution in [0.15, 0.2) is 188 Å². The molecule has 0 unspecified atom stereocenters. The Morgan fingerprint density at radius 1 is 0.360 bits per heavy atom. The summed E-state index contributed by atoms with van der Waals surface area (Å²) in [5.74, 6) is 0. The average molecular weight is 659 g/mol. The molecule has 0 nitrogen and oxygen atoms in total. The van der Waals surface area contributed by atoms with E-state index in [0.717, 1.165) is 0 Å². The summed E-state index contributed by atoms with van der Waals surface area (Å²) in [5.41, 5.74) is 12.2. The molecule has 240 valence electrons. The van der Waals surface area contributed by atoms with Crippen LogP contribution >= 0.6 is 6.89 Å². The smallest absolute Gasteiger partial charge is 0.00261 e. The molecular formula is C49H39P. The topological polar surface area (TPSA) is 0 Å². The van der Waals surface area contributed by atoms with E-state index in [1.165, 1.54) is 82.5 Å². The lowest BCUT2D eigenvalue weighted by Crippen LogP contribution is -2.03. The third-order valence-corrected chi connectivity index (χ3v) is 11.3. The van der Waals surface area contributed by atoms with E-state index in [2.05, 4.69) is 208 Å². The number of rotatable bonds is 7. The van der Waals surface area contributed by atoms with Gasteiger partial charge in [-0.2, -0.15) is 0 Å². The minimum absolute atomic E-state index is 1.18. The average Bonchev–Trinajstić information content (AvgIpc) is 3.17. The van der Waals surface area contributed by atoms with Crippen LogP contribution in [0.2, 0.25) is 0 Å². The minimum atomic E-state index is -1.43. The molecule has 0 aliphatic heterocycles. The van der Waals surface area contributed by atoms with Gasteiger partial charge >= 0.3 is 0 Å². The Labute approximate surface area is 296 Å². The predicted molar refractivity (Wildman–Crippen MR) is 222 cm³/mol. The highest BCUT2D eigenvalue weighted by Gasteiger charge is 2.19. The maximum atomic E-state index is 4.55. The van der Waals surface area contributed by atoms with Crippen molar-refractivity contribution in [3.05, 3.63) is 210 Å². The SMILES string of the molecule is C=P(C)(C)c1cccc(-c2c3ccccc3c(-c3ccc(C(=C(c4ccccc4)c4ccccc4)c4ccccc4)cc3)c3ccccc23)c1. The van der Waals surface area contributed by atoms with E-state index in [1.54, 1.807) is 0 Å². The first-order valence-electron chi connectivity index (χ1n) is 17.2. The Morgan fingerprint density at radius 3 is 1.12 bits per heavy atom. The van der Waals surface area contributed by atoms with Crippen molar-refractivity contribution in [3.63, 3.8) is 0 Å². The molecule has 0 aromatic heterocycles.